The number of unbranched alkanes of at least 4 members (excludes halogenated alkanes) is 1. The molecule has 3 amide bonds. The number of hydrogen-bond donors (Lipinski definition) is 2. The van der Waals surface area contributed by atoms with Crippen LogP contribution in [0.4, 0.5) is 11.5 Å². The van der Waals surface area contributed by atoms with Gasteiger partial charge in [0.1, 0.15) is 12.4 Å². The van der Waals surface area contributed by atoms with Crippen LogP contribution in [0.25, 0.3) is 0 Å². The monoisotopic (exact) mass is 405 g/mol. The highest BCUT2D eigenvalue weighted by atomic mass is 16.2. The topological polar surface area (TPSA) is 139 Å². The largest absolute Gasteiger partial charge is 0.383 e. The molecular formula is C19H27N5O5. The van der Waals surface area contributed by atoms with Gasteiger partial charge < -0.3 is 5.73 Å². The second-order valence-corrected chi connectivity index (χ2v) is 7.57. The van der Waals surface area contributed by atoms with Crippen molar-refractivity contribution >= 4 is 29.2 Å². The lowest BCUT2D eigenvalue weighted by Crippen LogP contribution is -2.50. The Morgan fingerprint density at radius 1 is 1.14 bits per heavy atom. The summed E-state index contributed by atoms with van der Waals surface area (Å²) in [5, 5.41) is 0. The fourth-order valence-electron chi connectivity index (χ4n) is 4.03. The van der Waals surface area contributed by atoms with Crippen LogP contribution in [0.3, 0.4) is 0 Å². The van der Waals surface area contributed by atoms with Gasteiger partial charge in [-0.3, -0.25) is 38.5 Å². The Hall–Kier alpha value is -2.91. The number of anilines is 2. The van der Waals surface area contributed by atoms with E-state index < -0.39 is 35.5 Å². The highest BCUT2D eigenvalue weighted by molar-refractivity contribution is 6.07. The van der Waals surface area contributed by atoms with Gasteiger partial charge in [-0.1, -0.05) is 26.2 Å². The lowest BCUT2D eigenvalue weighted by molar-refractivity contribution is -0.141. The summed E-state index contributed by atoms with van der Waals surface area (Å²) in [4.78, 5) is 66.5. The number of H-pyrrole nitrogens is 1. The first-order chi connectivity index (χ1) is 13.8. The number of nitrogens with one attached hydrogen (secondary N) is 1. The van der Waals surface area contributed by atoms with Crippen molar-refractivity contribution in [2.75, 3.05) is 17.2 Å². The van der Waals surface area contributed by atoms with Crippen molar-refractivity contribution in [2.45, 2.75) is 70.9 Å². The first-order valence-electron chi connectivity index (χ1n) is 10.1. The molecule has 3 N–H and O–H groups in total. The summed E-state index contributed by atoms with van der Waals surface area (Å²) in [7, 11) is 0. The van der Waals surface area contributed by atoms with Crippen LogP contribution < -0.4 is 21.9 Å². The summed E-state index contributed by atoms with van der Waals surface area (Å²) < 4.78 is 1.27. The molecule has 2 fully saturated rings. The molecule has 1 aromatic heterocycles. The molecule has 10 heteroatoms. The second kappa shape index (κ2) is 8.62. The van der Waals surface area contributed by atoms with E-state index in [1.807, 2.05) is 6.92 Å². The number of nitrogens with zero attached hydrogens (tertiary/aromatic N) is 3. The molecule has 0 radical (unpaired) electrons. The summed E-state index contributed by atoms with van der Waals surface area (Å²) >= 11 is 0. The SMILES string of the molecule is CCCCn1c(N)c(N(C(=O)CN2C(=O)CCC2=O)C2CCCC2)c(=O)[nH]c1=O. The molecular weight excluding hydrogens is 378 g/mol. The number of amides is 3. The number of hydrogen-bond acceptors (Lipinski definition) is 6. The van der Waals surface area contributed by atoms with E-state index in [0.717, 1.165) is 24.2 Å². The maximum atomic E-state index is 13.2. The summed E-state index contributed by atoms with van der Waals surface area (Å²) in [5.74, 6) is -1.40. The van der Waals surface area contributed by atoms with E-state index in [1.54, 1.807) is 0 Å². The van der Waals surface area contributed by atoms with Crippen molar-refractivity contribution in [3.63, 3.8) is 0 Å². The molecule has 158 valence electrons. The Bertz CT molecular complexity index is 912. The molecule has 0 bridgehead atoms. The minimum atomic E-state index is -0.737. The Balaban J connectivity index is 2.02. The fraction of sp³-hybridized carbons (Fsp3) is 0.632. The van der Waals surface area contributed by atoms with Crippen LogP contribution in [-0.2, 0) is 20.9 Å². The molecule has 1 saturated heterocycles. The van der Waals surface area contributed by atoms with Crippen molar-refractivity contribution < 1.29 is 14.4 Å². The molecule has 1 aliphatic heterocycles. The predicted molar refractivity (Wildman–Crippen MR) is 106 cm³/mol. The summed E-state index contributed by atoms with van der Waals surface area (Å²) in [6, 6.07) is -0.268. The van der Waals surface area contributed by atoms with Gasteiger partial charge in [0, 0.05) is 25.4 Å². The van der Waals surface area contributed by atoms with Gasteiger partial charge in [0.2, 0.25) is 17.7 Å². The molecule has 0 atom stereocenters. The third kappa shape index (κ3) is 4.10. The average molecular weight is 405 g/mol. The van der Waals surface area contributed by atoms with Gasteiger partial charge in [0.05, 0.1) is 0 Å². The van der Waals surface area contributed by atoms with E-state index in [0.29, 0.717) is 25.8 Å². The average Bonchev–Trinajstić information content (AvgIpc) is 3.30. The number of imide groups is 1. The second-order valence-electron chi connectivity index (χ2n) is 7.57. The number of nitrogen functional groups attached to an aromatic ring is 1. The molecule has 10 nitrogen and oxygen atoms in total. The van der Waals surface area contributed by atoms with E-state index in [2.05, 4.69) is 4.98 Å². The molecule has 2 heterocycles. The van der Waals surface area contributed by atoms with Gasteiger partial charge in [-0.05, 0) is 19.3 Å². The van der Waals surface area contributed by atoms with Crippen molar-refractivity contribution in [2.24, 2.45) is 0 Å². The summed E-state index contributed by atoms with van der Waals surface area (Å²) in [6.07, 6.45) is 4.82. The van der Waals surface area contributed by atoms with Gasteiger partial charge in [-0.15, -0.1) is 0 Å². The van der Waals surface area contributed by atoms with Gasteiger partial charge >= 0.3 is 5.69 Å². The Morgan fingerprint density at radius 2 is 1.76 bits per heavy atom. The lowest BCUT2D eigenvalue weighted by atomic mass is 10.1. The normalized spacial score (nSPS) is 17.3. The molecule has 1 aliphatic carbocycles. The number of likely N-dealkylation sites (tertiary alicyclic amines) is 1. The first-order valence-corrected chi connectivity index (χ1v) is 10.1. The predicted octanol–water partition coefficient (Wildman–Crippen LogP) is 0.344. The minimum absolute atomic E-state index is 0.0634. The van der Waals surface area contributed by atoms with Crippen LogP contribution in [0.1, 0.15) is 58.3 Å². The van der Waals surface area contributed by atoms with E-state index in [1.165, 1.54) is 9.47 Å². The number of carbonyl (C=O) groups excluding carboxylic acids is 3. The Morgan fingerprint density at radius 3 is 2.34 bits per heavy atom. The molecule has 1 aromatic rings. The van der Waals surface area contributed by atoms with Crippen molar-refractivity contribution in [1.29, 1.82) is 0 Å². The molecule has 0 spiro atoms. The van der Waals surface area contributed by atoms with Crippen LogP contribution in [0, 0.1) is 0 Å². The van der Waals surface area contributed by atoms with Crippen LogP contribution in [-0.4, -0.2) is 44.8 Å². The number of nitrogens with two attached hydrogens (primary N) is 1. The number of rotatable bonds is 7. The zero-order valence-electron chi connectivity index (χ0n) is 16.6. The summed E-state index contributed by atoms with van der Waals surface area (Å²) in [6.45, 7) is 1.86. The third-order valence-corrected chi connectivity index (χ3v) is 5.60. The maximum Gasteiger partial charge on any atom is 0.330 e. The Kier molecular flexibility index (Phi) is 6.19. The molecule has 2 aliphatic rings. The van der Waals surface area contributed by atoms with E-state index in [9.17, 15) is 24.0 Å². The fourth-order valence-corrected chi connectivity index (χ4v) is 4.03. The lowest BCUT2D eigenvalue weighted by Gasteiger charge is -2.31. The van der Waals surface area contributed by atoms with Gasteiger partial charge in [0.25, 0.3) is 5.56 Å². The highest BCUT2D eigenvalue weighted by Crippen LogP contribution is 2.29. The van der Waals surface area contributed by atoms with E-state index in [4.69, 9.17) is 5.73 Å². The van der Waals surface area contributed by atoms with Crippen LogP contribution >= 0.6 is 0 Å². The first kappa shape index (κ1) is 20.8. The van der Waals surface area contributed by atoms with Crippen molar-refractivity contribution in [3.8, 4) is 0 Å². The van der Waals surface area contributed by atoms with Gasteiger partial charge in [0.15, 0.2) is 5.69 Å². The number of carbonyl (C=O) groups is 3. The van der Waals surface area contributed by atoms with Crippen molar-refractivity contribution in [1.82, 2.24) is 14.5 Å². The third-order valence-electron chi connectivity index (χ3n) is 5.60. The summed E-state index contributed by atoms with van der Waals surface area (Å²) in [5.41, 5.74) is 4.77. The molecule has 0 unspecified atom stereocenters. The Labute approximate surface area is 167 Å². The minimum Gasteiger partial charge on any atom is -0.383 e. The van der Waals surface area contributed by atoms with E-state index in [-0.39, 0.29) is 30.4 Å². The smallest absolute Gasteiger partial charge is 0.330 e. The van der Waals surface area contributed by atoms with Gasteiger partial charge in [-0.25, -0.2) is 4.79 Å². The van der Waals surface area contributed by atoms with Crippen molar-refractivity contribution in [3.05, 3.63) is 20.8 Å². The number of aromatic nitrogens is 2. The highest BCUT2D eigenvalue weighted by Gasteiger charge is 2.37. The molecule has 0 aromatic carbocycles. The molecule has 3 rings (SSSR count). The van der Waals surface area contributed by atoms with Crippen LogP contribution in [0.2, 0.25) is 0 Å². The zero-order chi connectivity index (χ0) is 21.1. The zero-order valence-corrected chi connectivity index (χ0v) is 16.6. The molecule has 1 saturated carbocycles. The van der Waals surface area contributed by atoms with E-state index >= 15 is 0 Å². The number of aromatic amines is 1. The quantitative estimate of drug-likeness (QED) is 0.627. The standard InChI is InChI=1S/C19H27N5O5/c1-2-3-10-22-17(20)16(18(28)21-19(22)29)24(12-6-4-5-7-12)15(27)11-23-13(25)8-9-14(23)26/h12H,2-11,20H2,1H3,(H,21,28,29). The maximum absolute atomic E-state index is 13.2. The van der Waals surface area contributed by atoms with Gasteiger partial charge in [-0.2, -0.15) is 0 Å². The van der Waals surface area contributed by atoms with Crippen LogP contribution in [0.15, 0.2) is 9.59 Å². The van der Waals surface area contributed by atoms with Crippen LogP contribution in [0.5, 0.6) is 0 Å². The molecule has 29 heavy (non-hydrogen) atoms.